The number of imide groups is 1. The van der Waals surface area contributed by atoms with Gasteiger partial charge < -0.3 is 15.0 Å². The van der Waals surface area contributed by atoms with E-state index in [9.17, 15) is 14.4 Å². The second kappa shape index (κ2) is 6.47. The Bertz CT molecular complexity index is 611. The van der Waals surface area contributed by atoms with Crippen molar-refractivity contribution in [2.24, 2.45) is 0 Å². The van der Waals surface area contributed by atoms with Crippen LogP contribution in [-0.4, -0.2) is 73.5 Å². The molecule has 2 aliphatic heterocycles. The van der Waals surface area contributed by atoms with E-state index in [0.29, 0.717) is 24.3 Å². The number of hydrogen-bond acceptors (Lipinski definition) is 5. The number of hydrogen-bond donors (Lipinski definition) is 1. The van der Waals surface area contributed by atoms with Gasteiger partial charge in [0, 0.05) is 19.6 Å². The molecule has 3 amide bonds. The monoisotopic (exact) mass is 317 g/mol. The Morgan fingerprint density at radius 2 is 1.91 bits per heavy atom. The van der Waals surface area contributed by atoms with Gasteiger partial charge in [0.25, 0.3) is 11.8 Å². The highest BCUT2D eigenvalue weighted by Crippen LogP contribution is 2.21. The summed E-state index contributed by atoms with van der Waals surface area (Å²) in [6, 6.07) is 6.59. The maximum absolute atomic E-state index is 12.2. The molecule has 122 valence electrons. The van der Waals surface area contributed by atoms with Crippen molar-refractivity contribution in [3.63, 3.8) is 0 Å². The summed E-state index contributed by atoms with van der Waals surface area (Å²) in [6.07, 6.45) is -0.0696. The predicted molar refractivity (Wildman–Crippen MR) is 82.1 cm³/mol. The zero-order chi connectivity index (χ0) is 16.4. The third kappa shape index (κ3) is 3.25. The molecule has 0 radical (unpaired) electrons. The van der Waals surface area contributed by atoms with Crippen LogP contribution in [0.15, 0.2) is 24.3 Å². The number of rotatable bonds is 4. The van der Waals surface area contributed by atoms with Gasteiger partial charge in [-0.15, -0.1) is 0 Å². The zero-order valence-corrected chi connectivity index (χ0v) is 12.9. The van der Waals surface area contributed by atoms with Gasteiger partial charge in [0.05, 0.1) is 23.8 Å². The van der Waals surface area contributed by atoms with Gasteiger partial charge in [0.2, 0.25) is 5.91 Å². The third-order valence-corrected chi connectivity index (χ3v) is 4.05. The number of nitrogens with zero attached hydrogens (tertiary/aromatic N) is 2. The summed E-state index contributed by atoms with van der Waals surface area (Å²) in [6.45, 7) is 2.35. The number of likely N-dealkylation sites (N-methyl/N-ethyl adjacent to an activating group) is 1. The van der Waals surface area contributed by atoms with E-state index in [4.69, 9.17) is 4.74 Å². The van der Waals surface area contributed by atoms with Crippen LogP contribution < -0.4 is 5.32 Å². The van der Waals surface area contributed by atoms with Crippen LogP contribution in [0.25, 0.3) is 0 Å². The Hall–Kier alpha value is -2.25. The molecule has 7 heteroatoms. The van der Waals surface area contributed by atoms with Gasteiger partial charge in [0.15, 0.2) is 0 Å². The number of nitrogens with one attached hydrogen (secondary N) is 1. The number of amides is 3. The second-order valence-electron chi connectivity index (χ2n) is 5.80. The lowest BCUT2D eigenvalue weighted by Crippen LogP contribution is -2.48. The number of fused-ring (bicyclic) bond motifs is 1. The fourth-order valence-electron chi connectivity index (χ4n) is 2.80. The zero-order valence-electron chi connectivity index (χ0n) is 12.9. The van der Waals surface area contributed by atoms with Crippen molar-refractivity contribution in [3.8, 4) is 0 Å². The first-order chi connectivity index (χ1) is 11.1. The van der Waals surface area contributed by atoms with E-state index in [-0.39, 0.29) is 18.6 Å². The van der Waals surface area contributed by atoms with E-state index in [2.05, 4.69) is 10.2 Å². The Kier molecular flexibility index (Phi) is 4.40. The summed E-state index contributed by atoms with van der Waals surface area (Å²) in [7, 11) is 2.00. The van der Waals surface area contributed by atoms with Crippen molar-refractivity contribution in [3.05, 3.63) is 35.4 Å². The van der Waals surface area contributed by atoms with Crippen molar-refractivity contribution >= 4 is 17.7 Å². The Labute approximate surface area is 134 Å². The summed E-state index contributed by atoms with van der Waals surface area (Å²) in [5.74, 6) is -1.21. The number of benzene rings is 1. The van der Waals surface area contributed by atoms with Crippen LogP contribution in [0.1, 0.15) is 20.7 Å². The van der Waals surface area contributed by atoms with E-state index in [1.807, 2.05) is 7.05 Å². The van der Waals surface area contributed by atoms with Crippen molar-refractivity contribution in [1.82, 2.24) is 15.1 Å². The Morgan fingerprint density at radius 3 is 2.52 bits per heavy atom. The van der Waals surface area contributed by atoms with Crippen molar-refractivity contribution < 1.29 is 19.1 Å². The fraction of sp³-hybridized carbons (Fsp3) is 0.438. The Balaban J connectivity index is 1.55. The van der Waals surface area contributed by atoms with E-state index in [1.165, 1.54) is 0 Å². The number of carbonyl (C=O) groups excluding carboxylic acids is 3. The van der Waals surface area contributed by atoms with E-state index < -0.39 is 11.8 Å². The molecule has 1 saturated heterocycles. The molecule has 1 unspecified atom stereocenters. The lowest BCUT2D eigenvalue weighted by atomic mass is 10.1. The first-order valence-electron chi connectivity index (χ1n) is 7.58. The molecule has 0 aliphatic carbocycles. The molecule has 7 nitrogen and oxygen atoms in total. The average Bonchev–Trinajstić information content (AvgIpc) is 2.79. The molecular formula is C16H19N3O4. The topological polar surface area (TPSA) is 79.0 Å². The van der Waals surface area contributed by atoms with Gasteiger partial charge in [-0.05, 0) is 19.2 Å². The minimum atomic E-state index is -0.422. The van der Waals surface area contributed by atoms with Crippen LogP contribution >= 0.6 is 0 Å². The van der Waals surface area contributed by atoms with Crippen LogP contribution in [0.5, 0.6) is 0 Å². The molecule has 2 heterocycles. The molecular weight excluding hydrogens is 298 g/mol. The average molecular weight is 317 g/mol. The van der Waals surface area contributed by atoms with Crippen LogP contribution in [0.3, 0.4) is 0 Å². The molecule has 0 aromatic heterocycles. The van der Waals surface area contributed by atoms with Crippen LogP contribution in [0.4, 0.5) is 0 Å². The normalized spacial score (nSPS) is 21.4. The Morgan fingerprint density at radius 1 is 1.26 bits per heavy atom. The highest BCUT2D eigenvalue weighted by molar-refractivity contribution is 6.22. The summed E-state index contributed by atoms with van der Waals surface area (Å²) in [4.78, 5) is 39.5. The fourth-order valence-corrected chi connectivity index (χ4v) is 2.80. The van der Waals surface area contributed by atoms with Gasteiger partial charge in [-0.25, -0.2) is 0 Å². The van der Waals surface area contributed by atoms with Gasteiger partial charge in [0.1, 0.15) is 6.54 Å². The van der Waals surface area contributed by atoms with Gasteiger partial charge in [-0.1, -0.05) is 12.1 Å². The van der Waals surface area contributed by atoms with Crippen LogP contribution in [0.2, 0.25) is 0 Å². The number of carbonyl (C=O) groups is 3. The second-order valence-corrected chi connectivity index (χ2v) is 5.80. The molecule has 0 bridgehead atoms. The minimum absolute atomic E-state index is 0.0696. The quantitative estimate of drug-likeness (QED) is 0.774. The number of morpholine rings is 1. The van der Waals surface area contributed by atoms with Crippen molar-refractivity contribution in [1.29, 1.82) is 0 Å². The van der Waals surface area contributed by atoms with Gasteiger partial charge >= 0.3 is 0 Å². The SMILES string of the molecule is CN1CCOC(CNC(=O)CN2C(=O)c3ccccc3C2=O)C1. The largest absolute Gasteiger partial charge is 0.374 e. The molecule has 1 atom stereocenters. The molecule has 0 saturated carbocycles. The molecule has 23 heavy (non-hydrogen) atoms. The van der Waals surface area contributed by atoms with Crippen LogP contribution in [0, 0.1) is 0 Å². The molecule has 3 rings (SSSR count). The van der Waals surface area contributed by atoms with Gasteiger partial charge in [-0.3, -0.25) is 19.3 Å². The van der Waals surface area contributed by atoms with Gasteiger partial charge in [-0.2, -0.15) is 0 Å². The smallest absolute Gasteiger partial charge is 0.262 e. The van der Waals surface area contributed by atoms with E-state index in [0.717, 1.165) is 18.0 Å². The summed E-state index contributed by atoms with van der Waals surface area (Å²) in [5, 5.41) is 2.73. The molecule has 1 aromatic carbocycles. The summed E-state index contributed by atoms with van der Waals surface area (Å²) >= 11 is 0. The first-order valence-corrected chi connectivity index (χ1v) is 7.58. The molecule has 1 aromatic rings. The lowest BCUT2D eigenvalue weighted by Gasteiger charge is -2.30. The summed E-state index contributed by atoms with van der Waals surface area (Å²) in [5.41, 5.74) is 0.699. The predicted octanol–water partition coefficient (Wildman–Crippen LogP) is -0.271. The molecule has 1 N–H and O–H groups in total. The highest BCUT2D eigenvalue weighted by Gasteiger charge is 2.36. The van der Waals surface area contributed by atoms with Crippen molar-refractivity contribution in [2.75, 3.05) is 39.8 Å². The molecule has 1 fully saturated rings. The summed E-state index contributed by atoms with van der Waals surface area (Å²) < 4.78 is 5.56. The maximum Gasteiger partial charge on any atom is 0.262 e. The van der Waals surface area contributed by atoms with E-state index in [1.54, 1.807) is 24.3 Å². The minimum Gasteiger partial charge on any atom is -0.374 e. The molecule has 2 aliphatic rings. The first kappa shape index (κ1) is 15.6. The molecule has 0 spiro atoms. The number of ether oxygens (including phenoxy) is 1. The standard InChI is InChI=1S/C16H19N3O4/c1-18-6-7-23-11(9-18)8-17-14(20)10-19-15(21)12-4-2-3-5-13(12)16(19)22/h2-5,11H,6-10H2,1H3,(H,17,20). The lowest BCUT2D eigenvalue weighted by molar-refractivity contribution is -0.122. The highest BCUT2D eigenvalue weighted by atomic mass is 16.5. The third-order valence-electron chi connectivity index (χ3n) is 4.05. The van der Waals surface area contributed by atoms with E-state index >= 15 is 0 Å². The van der Waals surface area contributed by atoms with Crippen molar-refractivity contribution in [2.45, 2.75) is 6.10 Å². The maximum atomic E-state index is 12.2. The van der Waals surface area contributed by atoms with Crippen LogP contribution in [-0.2, 0) is 9.53 Å².